The van der Waals surface area contributed by atoms with Crippen LogP contribution in [-0.4, -0.2) is 38.4 Å². The molecule has 0 aromatic rings. The fraction of sp³-hybridized carbons (Fsp3) is 1.00. The normalized spacial score (nSPS) is 11.5. The minimum atomic E-state index is 0.840. The van der Waals surface area contributed by atoms with Crippen LogP contribution in [0, 0.1) is 5.92 Å². The summed E-state index contributed by atoms with van der Waals surface area (Å²) in [6, 6.07) is 0. The Labute approximate surface area is 160 Å². The third-order valence-corrected chi connectivity index (χ3v) is 5.93. The summed E-state index contributed by atoms with van der Waals surface area (Å²) in [4.78, 5) is 0. The van der Waals surface area contributed by atoms with Crippen molar-refractivity contribution < 1.29 is 9.47 Å². The van der Waals surface area contributed by atoms with Crippen LogP contribution in [0.25, 0.3) is 0 Å². The molecule has 0 saturated carbocycles. The van der Waals surface area contributed by atoms with E-state index in [1.54, 1.807) is 0 Å². The van der Waals surface area contributed by atoms with Gasteiger partial charge in [0, 0.05) is 32.2 Å². The van der Waals surface area contributed by atoms with Crippen LogP contribution in [0.5, 0.6) is 0 Å². The molecule has 0 aromatic heterocycles. The summed E-state index contributed by atoms with van der Waals surface area (Å²) < 4.78 is 11.3. The number of rotatable bonds is 20. The van der Waals surface area contributed by atoms with E-state index < -0.39 is 0 Å². The Hall–Kier alpha value is 0.620. The lowest BCUT2D eigenvalue weighted by Gasteiger charge is -2.07. The molecule has 0 amide bonds. The molecule has 0 radical (unpaired) electrons. The Morgan fingerprint density at radius 3 is 1.71 bits per heavy atom. The third kappa shape index (κ3) is 22.6. The van der Waals surface area contributed by atoms with Gasteiger partial charge in [0.25, 0.3) is 0 Å². The SMILES string of the molecule is CSSCCCCCCCCOCCCOCCCCCC(C)C. The van der Waals surface area contributed by atoms with Crippen LogP contribution in [0.2, 0.25) is 0 Å². The van der Waals surface area contributed by atoms with E-state index in [1.807, 2.05) is 21.6 Å². The van der Waals surface area contributed by atoms with Crippen LogP contribution in [-0.2, 0) is 9.47 Å². The first-order valence-electron chi connectivity index (χ1n) is 10.1. The summed E-state index contributed by atoms with van der Waals surface area (Å²) in [5, 5.41) is 0. The second kappa shape index (κ2) is 21.7. The van der Waals surface area contributed by atoms with Crippen LogP contribution in [0.4, 0.5) is 0 Å². The standard InChI is InChI=1S/C20H42O2S2/c1-20(2)14-9-8-11-16-22-18-13-17-21-15-10-6-4-5-7-12-19-24-23-3/h20H,4-19H2,1-3H3. The zero-order valence-electron chi connectivity index (χ0n) is 16.5. The molecule has 146 valence electrons. The molecule has 0 heterocycles. The molecule has 0 saturated heterocycles. The number of hydrogen-bond acceptors (Lipinski definition) is 4. The molecule has 0 atom stereocenters. The molecule has 0 bridgehead atoms. The molecule has 0 unspecified atom stereocenters. The van der Waals surface area contributed by atoms with Gasteiger partial charge in [-0.2, -0.15) is 0 Å². The number of ether oxygens (including phenoxy) is 2. The lowest BCUT2D eigenvalue weighted by molar-refractivity contribution is 0.0794. The molecule has 0 N–H and O–H groups in total. The van der Waals surface area contributed by atoms with E-state index in [0.29, 0.717) is 0 Å². The van der Waals surface area contributed by atoms with Gasteiger partial charge in [0.15, 0.2) is 0 Å². The highest BCUT2D eigenvalue weighted by Crippen LogP contribution is 2.19. The Balaban J connectivity index is 2.95. The van der Waals surface area contributed by atoms with Gasteiger partial charge in [0.1, 0.15) is 0 Å². The van der Waals surface area contributed by atoms with Crippen molar-refractivity contribution in [1.82, 2.24) is 0 Å². The Kier molecular flexibility index (Phi) is 22.2. The molecule has 0 rings (SSSR count). The van der Waals surface area contributed by atoms with Gasteiger partial charge in [-0.15, -0.1) is 0 Å². The van der Waals surface area contributed by atoms with E-state index in [4.69, 9.17) is 9.47 Å². The zero-order chi connectivity index (χ0) is 17.7. The summed E-state index contributed by atoms with van der Waals surface area (Å²) in [5.41, 5.74) is 0. The average molecular weight is 379 g/mol. The van der Waals surface area contributed by atoms with Crippen molar-refractivity contribution in [2.45, 2.75) is 84.5 Å². The van der Waals surface area contributed by atoms with Crippen molar-refractivity contribution in [3.8, 4) is 0 Å². The van der Waals surface area contributed by atoms with Gasteiger partial charge < -0.3 is 9.47 Å². The van der Waals surface area contributed by atoms with Gasteiger partial charge in [0.2, 0.25) is 0 Å². The van der Waals surface area contributed by atoms with Crippen molar-refractivity contribution in [3.63, 3.8) is 0 Å². The molecule has 2 nitrogen and oxygen atoms in total. The first-order valence-corrected chi connectivity index (χ1v) is 12.8. The number of unbranched alkanes of at least 4 members (excludes halogenated alkanes) is 7. The molecule has 0 aromatic carbocycles. The van der Waals surface area contributed by atoms with Crippen LogP contribution < -0.4 is 0 Å². The topological polar surface area (TPSA) is 18.5 Å². The summed E-state index contributed by atoms with van der Waals surface area (Å²) in [6.45, 7) is 8.16. The van der Waals surface area contributed by atoms with E-state index >= 15 is 0 Å². The van der Waals surface area contributed by atoms with Gasteiger partial charge in [-0.1, -0.05) is 80.4 Å². The molecular formula is C20H42O2S2. The molecule has 4 heteroatoms. The number of hydrogen-bond donors (Lipinski definition) is 0. The Bertz CT molecular complexity index is 226. The van der Waals surface area contributed by atoms with Crippen LogP contribution in [0.1, 0.15) is 84.5 Å². The molecule has 0 spiro atoms. The van der Waals surface area contributed by atoms with Gasteiger partial charge >= 0.3 is 0 Å². The smallest absolute Gasteiger partial charge is 0.0487 e. The lowest BCUT2D eigenvalue weighted by Crippen LogP contribution is -2.03. The van der Waals surface area contributed by atoms with E-state index in [0.717, 1.165) is 38.8 Å². The van der Waals surface area contributed by atoms with E-state index in [-0.39, 0.29) is 0 Å². The predicted octanol–water partition coefficient (Wildman–Crippen LogP) is 6.98. The van der Waals surface area contributed by atoms with Crippen LogP contribution in [0.3, 0.4) is 0 Å². The monoisotopic (exact) mass is 378 g/mol. The summed E-state index contributed by atoms with van der Waals surface area (Å²) >= 11 is 0. The summed E-state index contributed by atoms with van der Waals surface area (Å²) in [7, 11) is 3.87. The quantitative estimate of drug-likeness (QED) is 0.168. The van der Waals surface area contributed by atoms with Crippen LogP contribution >= 0.6 is 21.6 Å². The maximum absolute atomic E-state index is 5.68. The molecule has 0 fully saturated rings. The average Bonchev–Trinajstić information content (AvgIpc) is 2.56. The van der Waals surface area contributed by atoms with Crippen molar-refractivity contribution in [2.75, 3.05) is 38.4 Å². The highest BCUT2D eigenvalue weighted by Gasteiger charge is 1.96. The van der Waals surface area contributed by atoms with Gasteiger partial charge in [-0.25, -0.2) is 0 Å². The minimum Gasteiger partial charge on any atom is -0.381 e. The molecular weight excluding hydrogens is 336 g/mol. The Morgan fingerprint density at radius 1 is 0.625 bits per heavy atom. The van der Waals surface area contributed by atoms with Crippen molar-refractivity contribution >= 4 is 21.6 Å². The van der Waals surface area contributed by atoms with Crippen molar-refractivity contribution in [3.05, 3.63) is 0 Å². The zero-order valence-corrected chi connectivity index (χ0v) is 18.2. The second-order valence-corrected chi connectivity index (χ2v) is 9.62. The van der Waals surface area contributed by atoms with E-state index in [2.05, 4.69) is 20.1 Å². The van der Waals surface area contributed by atoms with E-state index in [1.165, 1.54) is 70.0 Å². The predicted molar refractivity (Wildman–Crippen MR) is 113 cm³/mol. The van der Waals surface area contributed by atoms with Gasteiger partial charge in [-0.3, -0.25) is 0 Å². The highest BCUT2D eigenvalue weighted by atomic mass is 33.1. The van der Waals surface area contributed by atoms with Gasteiger partial charge in [-0.05, 0) is 37.9 Å². The van der Waals surface area contributed by atoms with Gasteiger partial charge in [0.05, 0.1) is 0 Å². The maximum atomic E-state index is 5.68. The fourth-order valence-corrected chi connectivity index (χ4v) is 3.90. The molecule has 0 aliphatic rings. The van der Waals surface area contributed by atoms with Crippen molar-refractivity contribution in [2.24, 2.45) is 5.92 Å². The first kappa shape index (κ1) is 24.6. The fourth-order valence-electron chi connectivity index (χ4n) is 2.56. The Morgan fingerprint density at radius 2 is 1.12 bits per heavy atom. The molecule has 0 aliphatic carbocycles. The lowest BCUT2D eigenvalue weighted by atomic mass is 10.1. The summed E-state index contributed by atoms with van der Waals surface area (Å²) in [5.74, 6) is 2.15. The highest BCUT2D eigenvalue weighted by molar-refractivity contribution is 8.76. The first-order chi connectivity index (χ1) is 11.8. The summed E-state index contributed by atoms with van der Waals surface area (Å²) in [6.07, 6.45) is 16.5. The minimum absolute atomic E-state index is 0.840. The van der Waals surface area contributed by atoms with Crippen molar-refractivity contribution in [1.29, 1.82) is 0 Å². The maximum Gasteiger partial charge on any atom is 0.0487 e. The van der Waals surface area contributed by atoms with Crippen LogP contribution in [0.15, 0.2) is 0 Å². The molecule has 24 heavy (non-hydrogen) atoms. The third-order valence-electron chi connectivity index (χ3n) is 4.03. The molecule has 0 aliphatic heterocycles. The second-order valence-electron chi connectivity index (χ2n) is 6.93. The van der Waals surface area contributed by atoms with E-state index in [9.17, 15) is 0 Å². The largest absolute Gasteiger partial charge is 0.381 e.